The van der Waals surface area contributed by atoms with Gasteiger partial charge in [-0.15, -0.1) is 0 Å². The average molecular weight is 582 g/mol. The Balaban J connectivity index is 0.000000176. The van der Waals surface area contributed by atoms with Crippen LogP contribution in [-0.4, -0.2) is 34.1 Å². The number of halogens is 2. The van der Waals surface area contributed by atoms with E-state index in [2.05, 4.69) is 71.1 Å². The molecule has 0 saturated heterocycles. The van der Waals surface area contributed by atoms with Crippen LogP contribution in [0.4, 0.5) is 0 Å². The topological polar surface area (TPSA) is 43.4 Å². The van der Waals surface area contributed by atoms with Gasteiger partial charge in [0.1, 0.15) is 6.10 Å². The van der Waals surface area contributed by atoms with E-state index in [4.69, 9.17) is 4.43 Å². The van der Waals surface area contributed by atoms with Gasteiger partial charge in [0.15, 0.2) is 19.9 Å². The highest BCUT2D eigenvalue weighted by molar-refractivity contribution is 9.10. The van der Waals surface area contributed by atoms with E-state index in [9.17, 15) is 9.59 Å². The van der Waals surface area contributed by atoms with Crippen molar-refractivity contribution in [2.45, 2.75) is 63.8 Å². The number of hydrogen-bond donors (Lipinski definition) is 0. The molecule has 0 bridgehead atoms. The molecule has 0 saturated carbocycles. The van der Waals surface area contributed by atoms with E-state index in [0.29, 0.717) is 12.2 Å². The zero-order chi connectivity index (χ0) is 23.1. The van der Waals surface area contributed by atoms with Crippen molar-refractivity contribution in [2.24, 2.45) is 0 Å². The second-order valence-electron chi connectivity index (χ2n) is 10.3. The third-order valence-electron chi connectivity index (χ3n) is 5.72. The fourth-order valence-corrected chi connectivity index (χ4v) is 8.01. The Hall–Kier alpha value is -0.866. The number of ketones is 2. The second-order valence-corrected chi connectivity index (χ2v) is 21.9. The highest BCUT2D eigenvalue weighted by atomic mass is 79.9. The highest BCUT2D eigenvalue weighted by Crippen LogP contribution is 2.40. The van der Waals surface area contributed by atoms with Crippen LogP contribution in [0.2, 0.25) is 44.8 Å². The van der Waals surface area contributed by atoms with Crippen LogP contribution in [0.15, 0.2) is 45.3 Å². The van der Waals surface area contributed by atoms with Gasteiger partial charge in [-0.1, -0.05) is 75.8 Å². The summed E-state index contributed by atoms with van der Waals surface area (Å²) >= 11 is 7.02. The molecule has 0 fully saturated rings. The average Bonchev–Trinajstić information content (AvgIpc) is 3.15. The largest absolute Gasteiger partial charge is 0.407 e. The number of hydrogen-bond acceptors (Lipinski definition) is 3. The molecule has 2 aromatic rings. The quantitative estimate of drug-likeness (QED) is 0.357. The first-order valence-corrected chi connectivity index (χ1v) is 19.2. The van der Waals surface area contributed by atoms with Gasteiger partial charge < -0.3 is 4.43 Å². The summed E-state index contributed by atoms with van der Waals surface area (Å²) in [6.45, 7) is 13.1. The third-order valence-corrected chi connectivity index (χ3v) is 10.8. The van der Waals surface area contributed by atoms with Gasteiger partial charge in [0.25, 0.3) is 0 Å². The Labute approximate surface area is 204 Å². The molecule has 2 unspecified atom stereocenters. The van der Waals surface area contributed by atoms with Crippen LogP contribution < -0.4 is 0 Å². The van der Waals surface area contributed by atoms with E-state index in [0.717, 1.165) is 32.1 Å². The number of rotatable bonds is 3. The molecule has 0 aromatic heterocycles. The fraction of sp³-hybridized carbons (Fsp3) is 0.417. The molecule has 0 heterocycles. The van der Waals surface area contributed by atoms with E-state index in [1.165, 1.54) is 5.56 Å². The van der Waals surface area contributed by atoms with Gasteiger partial charge >= 0.3 is 0 Å². The maximum Gasteiger partial charge on any atom is 0.190 e. The van der Waals surface area contributed by atoms with Gasteiger partial charge in [-0.3, -0.25) is 9.59 Å². The molecule has 4 rings (SSSR count). The number of fused-ring (bicyclic) bond motifs is 2. The molecular formula is C24H30Br2O3Si2. The minimum absolute atomic E-state index is 0.138. The molecule has 0 aliphatic heterocycles. The van der Waals surface area contributed by atoms with Crippen molar-refractivity contribution in [2.75, 3.05) is 0 Å². The molecule has 7 heteroatoms. The van der Waals surface area contributed by atoms with Crippen molar-refractivity contribution < 1.29 is 14.0 Å². The molecular weight excluding hydrogens is 552 g/mol. The zero-order valence-corrected chi connectivity index (χ0v) is 24.2. The molecule has 2 aromatic carbocycles. The first kappa shape index (κ1) is 24.8. The van der Waals surface area contributed by atoms with E-state index >= 15 is 0 Å². The molecule has 31 heavy (non-hydrogen) atoms. The first-order chi connectivity index (χ1) is 14.3. The lowest BCUT2D eigenvalue weighted by molar-refractivity contribution is 0.0809. The maximum atomic E-state index is 12.2. The first-order valence-electron chi connectivity index (χ1n) is 10.6. The number of benzene rings is 2. The summed E-state index contributed by atoms with van der Waals surface area (Å²) in [6, 6.07) is 11.7. The van der Waals surface area contributed by atoms with E-state index in [1.807, 2.05) is 36.4 Å². The Kier molecular flexibility index (Phi) is 7.33. The lowest BCUT2D eigenvalue weighted by Crippen LogP contribution is -2.35. The van der Waals surface area contributed by atoms with Gasteiger partial charge in [0.2, 0.25) is 0 Å². The van der Waals surface area contributed by atoms with Crippen molar-refractivity contribution in [1.82, 2.24) is 0 Å². The summed E-state index contributed by atoms with van der Waals surface area (Å²) in [7, 11) is -3.04. The predicted octanol–water partition coefficient (Wildman–Crippen LogP) is 7.30. The Morgan fingerprint density at radius 2 is 1.26 bits per heavy atom. The number of Topliss-reactive ketones (excluding diaryl/α,β-unsaturated/α-hetero) is 2. The fourth-order valence-electron chi connectivity index (χ4n) is 4.15. The van der Waals surface area contributed by atoms with Gasteiger partial charge in [-0.05, 0) is 49.3 Å². The maximum absolute atomic E-state index is 12.2. The molecule has 0 spiro atoms. The molecule has 166 valence electrons. The molecule has 2 aliphatic rings. The third kappa shape index (κ3) is 5.56. The summed E-state index contributed by atoms with van der Waals surface area (Å²) in [4.78, 5) is 24.3. The smallest absolute Gasteiger partial charge is 0.190 e. The van der Waals surface area contributed by atoms with E-state index in [1.54, 1.807) is 0 Å². The number of carbonyl (C=O) groups is 2. The zero-order valence-electron chi connectivity index (χ0n) is 19.0. The van der Waals surface area contributed by atoms with Crippen LogP contribution in [0.5, 0.6) is 0 Å². The van der Waals surface area contributed by atoms with Crippen LogP contribution in [-0.2, 0) is 17.3 Å². The molecule has 0 N–H and O–H groups in total. The summed E-state index contributed by atoms with van der Waals surface area (Å²) in [5.41, 5.74) is 4.34. The van der Waals surface area contributed by atoms with Gasteiger partial charge in [0.05, 0.1) is 8.07 Å². The summed E-state index contributed by atoms with van der Waals surface area (Å²) < 4.78 is 8.02. The van der Waals surface area contributed by atoms with E-state index in [-0.39, 0.29) is 17.4 Å². The van der Waals surface area contributed by atoms with Crippen molar-refractivity contribution in [3.8, 4) is 0 Å². The Bertz CT molecular complexity index is 1020. The van der Waals surface area contributed by atoms with Gasteiger partial charge in [0, 0.05) is 32.0 Å². The van der Waals surface area contributed by atoms with Crippen LogP contribution in [0.1, 0.15) is 31.8 Å². The summed E-state index contributed by atoms with van der Waals surface area (Å²) in [5.74, 6) is 0.504. The summed E-state index contributed by atoms with van der Waals surface area (Å²) in [5, 5.41) is 0. The normalized spacial score (nSPS) is 20.3. The lowest BCUT2D eigenvalue weighted by Gasteiger charge is -2.22. The van der Waals surface area contributed by atoms with Crippen LogP contribution in [0, 0.1) is 0 Å². The molecule has 2 aliphatic carbocycles. The van der Waals surface area contributed by atoms with Crippen molar-refractivity contribution >= 4 is 59.8 Å². The molecule has 2 atom stereocenters. The minimum atomic E-state index is -1.66. The highest BCUT2D eigenvalue weighted by Gasteiger charge is 2.40. The van der Waals surface area contributed by atoms with Crippen molar-refractivity contribution in [1.29, 1.82) is 0 Å². The standard InChI is InChI=1S/C12H15BrO2Si.C12H15BrOSi/c1-16(2,3)15-11-7-9-8(12(11)14)5-4-6-10(9)13;1-15(2,3)11-7-9-8(12(11)14)5-4-6-10(9)13/h4-6,11H,7H2,1-3H3;4-6,11H,7H2,1-3H3. The SMILES string of the molecule is C[Si](C)(C)C1Cc2c(Br)cccc2C1=O.C[Si](C)(C)OC1Cc2c(Br)cccc2C1=O. The van der Waals surface area contributed by atoms with Gasteiger partial charge in [-0.25, -0.2) is 0 Å². The van der Waals surface area contributed by atoms with Crippen LogP contribution >= 0.6 is 31.9 Å². The molecule has 3 nitrogen and oxygen atoms in total. The van der Waals surface area contributed by atoms with Crippen LogP contribution in [0.3, 0.4) is 0 Å². The van der Waals surface area contributed by atoms with Crippen LogP contribution in [0.25, 0.3) is 0 Å². The second kappa shape index (κ2) is 9.17. The Morgan fingerprint density at radius 1 is 0.774 bits per heavy atom. The molecule has 0 radical (unpaired) electrons. The van der Waals surface area contributed by atoms with E-state index < -0.39 is 16.4 Å². The predicted molar refractivity (Wildman–Crippen MR) is 140 cm³/mol. The summed E-state index contributed by atoms with van der Waals surface area (Å²) in [6.07, 6.45) is 1.38. The minimum Gasteiger partial charge on any atom is -0.407 e. The molecule has 0 amide bonds. The monoisotopic (exact) mass is 580 g/mol. The van der Waals surface area contributed by atoms with Gasteiger partial charge in [-0.2, -0.15) is 0 Å². The Morgan fingerprint density at radius 3 is 1.68 bits per heavy atom. The van der Waals surface area contributed by atoms with Crippen molar-refractivity contribution in [3.05, 3.63) is 67.6 Å². The number of carbonyl (C=O) groups excluding carboxylic acids is 2. The lowest BCUT2D eigenvalue weighted by atomic mass is 10.1. The van der Waals surface area contributed by atoms with Crippen molar-refractivity contribution in [3.63, 3.8) is 0 Å².